The molecule has 1 aliphatic rings. The smallest absolute Gasteiger partial charge is 0.264 e. The molecule has 0 unspecified atom stereocenters. The van der Waals surface area contributed by atoms with Gasteiger partial charge in [0.2, 0.25) is 10.0 Å². The van der Waals surface area contributed by atoms with E-state index in [1.165, 1.54) is 34.9 Å². The second-order valence-electron chi connectivity index (χ2n) is 8.15. The maximum Gasteiger partial charge on any atom is 0.264 e. The van der Waals surface area contributed by atoms with E-state index in [1.807, 2.05) is 48.0 Å². The molecule has 1 amide bonds. The van der Waals surface area contributed by atoms with E-state index >= 15 is 0 Å². The van der Waals surface area contributed by atoms with Crippen molar-refractivity contribution in [3.63, 3.8) is 0 Å². The Labute approximate surface area is 212 Å². The van der Waals surface area contributed by atoms with Crippen LogP contribution in [0, 0.1) is 6.92 Å². The fourth-order valence-electron chi connectivity index (χ4n) is 4.18. The van der Waals surface area contributed by atoms with E-state index in [4.69, 9.17) is 16.3 Å². The third-order valence-electron chi connectivity index (χ3n) is 6.03. The number of hydrogen-bond acceptors (Lipinski definition) is 6. The summed E-state index contributed by atoms with van der Waals surface area (Å²) in [5.41, 5.74) is 1.78. The van der Waals surface area contributed by atoms with Crippen LogP contribution in [0.4, 0.5) is 0 Å². The molecule has 2 aromatic heterocycles. The summed E-state index contributed by atoms with van der Waals surface area (Å²) in [7, 11) is -2.40. The Bertz CT molecular complexity index is 1510. The van der Waals surface area contributed by atoms with Crippen LogP contribution in [0.5, 0.6) is 5.75 Å². The highest BCUT2D eigenvalue weighted by Gasteiger charge is 2.33. The molecule has 182 valence electrons. The van der Waals surface area contributed by atoms with Crippen molar-refractivity contribution in [2.24, 2.45) is 0 Å². The van der Waals surface area contributed by atoms with Crippen molar-refractivity contribution in [1.29, 1.82) is 0 Å². The molecular formula is C24H23ClN4O4S2. The van der Waals surface area contributed by atoms with E-state index in [0.717, 1.165) is 21.6 Å². The number of hydrogen-bond donors (Lipinski definition) is 0. The lowest BCUT2D eigenvalue weighted by atomic mass is 10.2. The van der Waals surface area contributed by atoms with Crippen LogP contribution in [0.3, 0.4) is 0 Å². The van der Waals surface area contributed by atoms with Gasteiger partial charge in [-0.05, 0) is 43.3 Å². The Morgan fingerprint density at radius 2 is 1.77 bits per heavy atom. The topological polar surface area (TPSA) is 84.7 Å². The van der Waals surface area contributed by atoms with Gasteiger partial charge in [-0.3, -0.25) is 4.79 Å². The summed E-state index contributed by atoms with van der Waals surface area (Å²) in [5.74, 6) is 0.128. The van der Waals surface area contributed by atoms with E-state index in [2.05, 4.69) is 5.10 Å². The molecule has 8 nitrogen and oxygen atoms in total. The Kier molecular flexibility index (Phi) is 6.30. The first-order valence-electron chi connectivity index (χ1n) is 11.0. The molecule has 4 aromatic rings. The van der Waals surface area contributed by atoms with Gasteiger partial charge in [-0.1, -0.05) is 29.8 Å². The van der Waals surface area contributed by atoms with Crippen molar-refractivity contribution < 1.29 is 17.9 Å². The second kappa shape index (κ2) is 9.27. The minimum absolute atomic E-state index is 0.0257. The summed E-state index contributed by atoms with van der Waals surface area (Å²) < 4.78 is 34.9. The van der Waals surface area contributed by atoms with Crippen molar-refractivity contribution in [3.05, 3.63) is 70.2 Å². The molecule has 1 aliphatic heterocycles. The molecule has 1 saturated heterocycles. The average molecular weight is 531 g/mol. The van der Waals surface area contributed by atoms with Gasteiger partial charge in [-0.25, -0.2) is 13.1 Å². The number of carbonyl (C=O) groups excluding carboxylic acids is 1. The van der Waals surface area contributed by atoms with Crippen molar-refractivity contribution in [3.8, 4) is 11.4 Å². The van der Waals surface area contributed by atoms with Gasteiger partial charge in [0.1, 0.15) is 15.5 Å². The zero-order valence-electron chi connectivity index (χ0n) is 19.1. The predicted octanol–water partition coefficient (Wildman–Crippen LogP) is 4.20. The Morgan fingerprint density at radius 3 is 2.46 bits per heavy atom. The van der Waals surface area contributed by atoms with E-state index in [-0.39, 0.29) is 29.6 Å². The average Bonchev–Trinajstić information content (AvgIpc) is 3.44. The number of carbonyl (C=O) groups is 1. The minimum atomic E-state index is -3.82. The summed E-state index contributed by atoms with van der Waals surface area (Å²) in [6, 6.07) is 16.2. The van der Waals surface area contributed by atoms with Crippen molar-refractivity contribution in [2.45, 2.75) is 11.8 Å². The lowest BCUT2D eigenvalue weighted by Crippen LogP contribution is -2.50. The van der Waals surface area contributed by atoms with E-state index in [1.54, 1.807) is 11.0 Å². The number of thiophene rings is 1. The normalized spacial score (nSPS) is 15.0. The number of piperazine rings is 1. The van der Waals surface area contributed by atoms with Gasteiger partial charge in [-0.2, -0.15) is 9.40 Å². The quantitative estimate of drug-likeness (QED) is 0.386. The fraction of sp³-hybridized carbons (Fsp3) is 0.250. The molecule has 0 spiro atoms. The molecule has 11 heteroatoms. The summed E-state index contributed by atoms with van der Waals surface area (Å²) in [6.07, 6.45) is 0. The summed E-state index contributed by atoms with van der Waals surface area (Å²) >= 11 is 7.44. The molecule has 0 atom stereocenters. The number of aryl methyl sites for hydroxylation is 1. The van der Waals surface area contributed by atoms with Gasteiger partial charge >= 0.3 is 0 Å². The van der Waals surface area contributed by atoms with Gasteiger partial charge in [0.05, 0.1) is 23.4 Å². The Morgan fingerprint density at radius 1 is 1.06 bits per heavy atom. The number of fused-ring (bicyclic) bond motifs is 1. The zero-order valence-corrected chi connectivity index (χ0v) is 21.5. The highest BCUT2D eigenvalue weighted by molar-refractivity contribution is 7.89. The number of ether oxygens (including phenoxy) is 1. The van der Waals surface area contributed by atoms with Crippen LogP contribution in [0.2, 0.25) is 5.02 Å². The standard InChI is InChI=1S/C24H23ClN4O4S2/c1-16-19-15-21(34-24(19)29(26-16)18-6-4-3-5-7-18)23(30)27-10-12-28(13-11-27)35(31,32)22-14-17(25)8-9-20(22)33-2/h3-9,14-15H,10-13H2,1-2H3. The molecule has 1 fully saturated rings. The second-order valence-corrected chi connectivity index (χ2v) is 11.5. The molecule has 5 rings (SSSR count). The minimum Gasteiger partial charge on any atom is -0.495 e. The molecule has 0 aliphatic carbocycles. The number of methoxy groups -OCH3 is 1. The molecule has 0 N–H and O–H groups in total. The Hall–Kier alpha value is -2.92. The first-order valence-corrected chi connectivity index (χ1v) is 13.6. The molecule has 2 aromatic carbocycles. The highest BCUT2D eigenvalue weighted by Crippen LogP contribution is 2.33. The van der Waals surface area contributed by atoms with E-state index in [9.17, 15) is 13.2 Å². The maximum atomic E-state index is 13.3. The molecular weight excluding hydrogens is 508 g/mol. The lowest BCUT2D eigenvalue weighted by molar-refractivity contribution is 0.0702. The van der Waals surface area contributed by atoms with Crippen LogP contribution in [0.15, 0.2) is 59.5 Å². The third kappa shape index (κ3) is 4.31. The molecule has 35 heavy (non-hydrogen) atoms. The monoisotopic (exact) mass is 530 g/mol. The van der Waals surface area contributed by atoms with E-state index in [0.29, 0.717) is 23.0 Å². The van der Waals surface area contributed by atoms with Crippen LogP contribution in [-0.4, -0.2) is 66.6 Å². The summed E-state index contributed by atoms with van der Waals surface area (Å²) in [4.78, 5) is 16.5. The van der Waals surface area contributed by atoms with Crippen LogP contribution in [0.1, 0.15) is 15.4 Å². The number of benzene rings is 2. The zero-order chi connectivity index (χ0) is 24.7. The van der Waals surface area contributed by atoms with Crippen LogP contribution >= 0.6 is 22.9 Å². The van der Waals surface area contributed by atoms with E-state index < -0.39 is 10.0 Å². The number of nitrogens with zero attached hydrogens (tertiary/aromatic N) is 4. The first-order chi connectivity index (χ1) is 16.8. The number of para-hydroxylation sites is 1. The first kappa shape index (κ1) is 23.8. The molecule has 3 heterocycles. The molecule has 0 bridgehead atoms. The van der Waals surface area contributed by atoms with Crippen molar-refractivity contribution in [1.82, 2.24) is 19.0 Å². The highest BCUT2D eigenvalue weighted by atomic mass is 35.5. The van der Waals surface area contributed by atoms with Gasteiger partial charge in [0, 0.05) is 36.6 Å². The molecule has 0 radical (unpaired) electrons. The van der Waals surface area contributed by atoms with Crippen molar-refractivity contribution in [2.75, 3.05) is 33.3 Å². The SMILES string of the molecule is COc1ccc(Cl)cc1S(=O)(=O)N1CCN(C(=O)c2cc3c(C)nn(-c4ccccc4)c3s2)CC1. The van der Waals surface area contributed by atoms with Gasteiger partial charge in [0.15, 0.2) is 0 Å². The predicted molar refractivity (Wildman–Crippen MR) is 136 cm³/mol. The van der Waals surface area contributed by atoms with Crippen LogP contribution in [-0.2, 0) is 10.0 Å². The number of halogens is 1. The summed E-state index contributed by atoms with van der Waals surface area (Å²) in [6.45, 7) is 2.88. The summed E-state index contributed by atoms with van der Waals surface area (Å²) in [5, 5.41) is 5.88. The van der Waals surface area contributed by atoms with Crippen molar-refractivity contribution >= 4 is 49.1 Å². The lowest BCUT2D eigenvalue weighted by Gasteiger charge is -2.34. The third-order valence-corrected chi connectivity index (χ3v) is 9.28. The molecule has 0 saturated carbocycles. The largest absolute Gasteiger partial charge is 0.495 e. The van der Waals surface area contributed by atoms with Crippen LogP contribution in [0.25, 0.3) is 15.9 Å². The number of rotatable bonds is 5. The Balaban J connectivity index is 1.35. The number of sulfonamides is 1. The number of aromatic nitrogens is 2. The fourth-order valence-corrected chi connectivity index (χ4v) is 7.17. The van der Waals surface area contributed by atoms with Gasteiger partial charge in [-0.15, -0.1) is 11.3 Å². The van der Waals surface area contributed by atoms with Gasteiger partial charge in [0.25, 0.3) is 5.91 Å². The number of amides is 1. The van der Waals surface area contributed by atoms with Crippen LogP contribution < -0.4 is 4.74 Å². The van der Waals surface area contributed by atoms with Gasteiger partial charge < -0.3 is 9.64 Å². The maximum absolute atomic E-state index is 13.3.